The lowest BCUT2D eigenvalue weighted by Gasteiger charge is -2.12. The van der Waals surface area contributed by atoms with Crippen molar-refractivity contribution in [3.8, 4) is 5.75 Å². The third-order valence-electron chi connectivity index (χ3n) is 3.42. The number of phenolic OH excluding ortho intramolecular Hbond substituents is 1. The van der Waals surface area contributed by atoms with Gasteiger partial charge in [-0.25, -0.2) is 5.43 Å². The van der Waals surface area contributed by atoms with Crippen LogP contribution < -0.4 is 5.43 Å². The fourth-order valence-electron chi connectivity index (χ4n) is 2.21. The summed E-state index contributed by atoms with van der Waals surface area (Å²) in [6, 6.07) is 9.57. The Hall–Kier alpha value is -3.26. The first kappa shape index (κ1) is 17.6. The van der Waals surface area contributed by atoms with Gasteiger partial charge in [0.2, 0.25) is 0 Å². The Morgan fingerprint density at radius 3 is 2.85 bits per heavy atom. The second kappa shape index (κ2) is 7.75. The Kier molecular flexibility index (Phi) is 5.23. The van der Waals surface area contributed by atoms with Gasteiger partial charge < -0.3 is 9.52 Å². The number of amidine groups is 1. The molecule has 0 radical (unpaired) electrons. The van der Waals surface area contributed by atoms with E-state index in [-0.39, 0.29) is 23.8 Å². The smallest absolute Gasteiger partial charge is 0.275 e. The highest BCUT2D eigenvalue weighted by atomic mass is 32.2. The third kappa shape index (κ3) is 3.70. The number of amides is 2. The van der Waals surface area contributed by atoms with Crippen molar-refractivity contribution in [1.82, 2.24) is 10.3 Å². The first-order chi connectivity index (χ1) is 12.6. The van der Waals surface area contributed by atoms with Gasteiger partial charge in [0.25, 0.3) is 11.8 Å². The molecule has 132 valence electrons. The molecule has 7 nitrogen and oxygen atoms in total. The molecular formula is C18H15N3O4S. The molecule has 26 heavy (non-hydrogen) atoms. The standard InChI is InChI=1S/C18H15N3O4S/c1-2-9-21-17(24)15(11-12-6-5-10-25-12)26-18(21)20-19-16(23)13-7-3-4-8-14(13)22/h2-8,10-11,22H,1,9H2,(H,19,23). The molecule has 8 heteroatoms. The lowest BCUT2D eigenvalue weighted by molar-refractivity contribution is -0.121. The van der Waals surface area contributed by atoms with Crippen LogP contribution in [-0.4, -0.2) is 33.5 Å². The number of nitrogens with zero attached hydrogens (tertiary/aromatic N) is 2. The van der Waals surface area contributed by atoms with Crippen LogP contribution in [0.15, 0.2) is 69.7 Å². The topological polar surface area (TPSA) is 95.1 Å². The van der Waals surface area contributed by atoms with Crippen LogP contribution in [0.5, 0.6) is 5.75 Å². The number of carbonyl (C=O) groups excluding carboxylic acids is 2. The summed E-state index contributed by atoms with van der Waals surface area (Å²) in [4.78, 5) is 26.5. The number of hydrogen-bond acceptors (Lipinski definition) is 6. The minimum absolute atomic E-state index is 0.0906. The van der Waals surface area contributed by atoms with Crippen molar-refractivity contribution < 1.29 is 19.1 Å². The van der Waals surface area contributed by atoms with Crippen LogP contribution in [-0.2, 0) is 4.79 Å². The first-order valence-corrected chi connectivity index (χ1v) is 8.43. The summed E-state index contributed by atoms with van der Waals surface area (Å²) < 4.78 is 5.23. The van der Waals surface area contributed by atoms with E-state index in [9.17, 15) is 14.7 Å². The molecule has 3 rings (SSSR count). The predicted molar refractivity (Wildman–Crippen MR) is 99.2 cm³/mol. The SMILES string of the molecule is C=CCN1C(=O)C(=Cc2ccco2)SC1=NNC(=O)c1ccccc1O. The van der Waals surface area contributed by atoms with Crippen LogP contribution in [0.3, 0.4) is 0 Å². The van der Waals surface area contributed by atoms with Gasteiger partial charge in [0, 0.05) is 12.6 Å². The van der Waals surface area contributed by atoms with Crippen LogP contribution in [0.2, 0.25) is 0 Å². The van der Waals surface area contributed by atoms with Crippen molar-refractivity contribution in [3.63, 3.8) is 0 Å². The maximum Gasteiger partial charge on any atom is 0.275 e. The summed E-state index contributed by atoms with van der Waals surface area (Å²) in [5, 5.41) is 14.1. The number of phenols is 1. The van der Waals surface area contributed by atoms with Gasteiger partial charge in [-0.2, -0.15) is 0 Å². The number of aromatic hydroxyl groups is 1. The van der Waals surface area contributed by atoms with Gasteiger partial charge in [-0.3, -0.25) is 14.5 Å². The molecule has 0 bridgehead atoms. The van der Waals surface area contributed by atoms with Crippen LogP contribution >= 0.6 is 11.8 Å². The van der Waals surface area contributed by atoms with Gasteiger partial charge in [0.1, 0.15) is 11.5 Å². The van der Waals surface area contributed by atoms with Gasteiger partial charge in [0.15, 0.2) is 5.17 Å². The largest absolute Gasteiger partial charge is 0.507 e. The van der Waals surface area contributed by atoms with Crippen LogP contribution in [0, 0.1) is 0 Å². The van der Waals surface area contributed by atoms with Gasteiger partial charge in [0.05, 0.1) is 16.7 Å². The molecule has 1 saturated heterocycles. The number of nitrogens with one attached hydrogen (secondary N) is 1. The van der Waals surface area contributed by atoms with Crippen LogP contribution in [0.4, 0.5) is 0 Å². The number of hydrogen-bond donors (Lipinski definition) is 2. The van der Waals surface area contributed by atoms with Gasteiger partial charge in [-0.15, -0.1) is 11.7 Å². The maximum atomic E-state index is 12.5. The molecular weight excluding hydrogens is 354 g/mol. The third-order valence-corrected chi connectivity index (χ3v) is 4.42. The zero-order valence-electron chi connectivity index (χ0n) is 13.6. The Balaban J connectivity index is 1.81. The molecule has 1 aromatic carbocycles. The Morgan fingerprint density at radius 1 is 1.35 bits per heavy atom. The number of rotatable bonds is 5. The fourth-order valence-corrected chi connectivity index (χ4v) is 3.14. The minimum atomic E-state index is -0.578. The molecule has 2 heterocycles. The number of furan rings is 1. The quantitative estimate of drug-likeness (QED) is 0.480. The lowest BCUT2D eigenvalue weighted by atomic mass is 10.2. The van der Waals surface area contributed by atoms with Gasteiger partial charge in [-0.1, -0.05) is 18.2 Å². The summed E-state index contributed by atoms with van der Waals surface area (Å²) in [5.41, 5.74) is 2.45. The molecule has 0 spiro atoms. The van der Waals surface area contributed by atoms with Crippen LogP contribution in [0.1, 0.15) is 16.1 Å². The number of para-hydroxylation sites is 1. The zero-order valence-corrected chi connectivity index (χ0v) is 14.4. The monoisotopic (exact) mass is 369 g/mol. The Bertz CT molecular complexity index is 903. The van der Waals surface area contributed by atoms with E-state index in [1.165, 1.54) is 23.3 Å². The highest BCUT2D eigenvalue weighted by Crippen LogP contribution is 2.32. The van der Waals surface area contributed by atoms with Crippen molar-refractivity contribution >= 4 is 34.8 Å². The number of carbonyl (C=O) groups is 2. The van der Waals surface area contributed by atoms with Crippen molar-refractivity contribution in [2.24, 2.45) is 5.10 Å². The average molecular weight is 369 g/mol. The molecule has 2 N–H and O–H groups in total. The maximum absolute atomic E-state index is 12.5. The van der Waals surface area contributed by atoms with E-state index in [1.807, 2.05) is 0 Å². The summed E-state index contributed by atoms with van der Waals surface area (Å²) in [6.07, 6.45) is 4.69. The van der Waals surface area contributed by atoms with E-state index in [4.69, 9.17) is 4.42 Å². The van der Waals surface area contributed by atoms with E-state index in [0.717, 1.165) is 11.8 Å². The van der Waals surface area contributed by atoms with E-state index in [1.54, 1.807) is 36.4 Å². The summed E-state index contributed by atoms with van der Waals surface area (Å²) >= 11 is 1.11. The minimum Gasteiger partial charge on any atom is -0.507 e. The van der Waals surface area contributed by atoms with Gasteiger partial charge >= 0.3 is 0 Å². The number of benzene rings is 1. The Morgan fingerprint density at radius 2 is 2.15 bits per heavy atom. The first-order valence-electron chi connectivity index (χ1n) is 7.62. The van der Waals surface area contributed by atoms with Crippen molar-refractivity contribution in [2.75, 3.05) is 6.54 Å². The summed E-state index contributed by atoms with van der Waals surface area (Å²) in [7, 11) is 0. The molecule has 1 aliphatic heterocycles. The molecule has 1 aliphatic rings. The fraction of sp³-hybridized carbons (Fsp3) is 0.0556. The second-order valence-corrected chi connectivity index (χ2v) is 6.19. The van der Waals surface area contributed by atoms with E-state index in [0.29, 0.717) is 15.8 Å². The normalized spacial score (nSPS) is 17.1. The lowest BCUT2D eigenvalue weighted by Crippen LogP contribution is -2.31. The van der Waals surface area contributed by atoms with Crippen molar-refractivity contribution in [1.29, 1.82) is 0 Å². The van der Waals surface area contributed by atoms with Crippen molar-refractivity contribution in [2.45, 2.75) is 0 Å². The highest BCUT2D eigenvalue weighted by molar-refractivity contribution is 8.18. The van der Waals surface area contributed by atoms with E-state index in [2.05, 4.69) is 17.1 Å². The molecule has 2 amide bonds. The number of thioether (sulfide) groups is 1. The predicted octanol–water partition coefficient (Wildman–Crippen LogP) is 2.79. The number of hydrazone groups is 1. The highest BCUT2D eigenvalue weighted by Gasteiger charge is 2.33. The van der Waals surface area contributed by atoms with E-state index < -0.39 is 5.91 Å². The molecule has 1 aromatic heterocycles. The summed E-state index contributed by atoms with van der Waals surface area (Å²) in [6.45, 7) is 3.87. The molecule has 2 aromatic rings. The molecule has 0 saturated carbocycles. The van der Waals surface area contributed by atoms with Gasteiger partial charge in [-0.05, 0) is 36.0 Å². The zero-order chi connectivity index (χ0) is 18.5. The molecule has 0 unspecified atom stereocenters. The Labute approximate surface area is 153 Å². The summed E-state index contributed by atoms with van der Waals surface area (Å²) in [5.74, 6) is -0.451. The molecule has 0 atom stereocenters. The average Bonchev–Trinajstić information content (AvgIpc) is 3.24. The molecule has 1 fully saturated rings. The van der Waals surface area contributed by atoms with E-state index >= 15 is 0 Å². The van der Waals surface area contributed by atoms with Crippen LogP contribution in [0.25, 0.3) is 6.08 Å². The van der Waals surface area contributed by atoms with Crippen molar-refractivity contribution in [3.05, 3.63) is 71.5 Å². The second-order valence-electron chi connectivity index (χ2n) is 5.18. The molecule has 0 aliphatic carbocycles.